The zero-order chi connectivity index (χ0) is 13.7. The summed E-state index contributed by atoms with van der Waals surface area (Å²) in [7, 11) is 0. The fourth-order valence-electron chi connectivity index (χ4n) is 1.78. The van der Waals surface area contributed by atoms with Gasteiger partial charge in [0.2, 0.25) is 0 Å². The Labute approximate surface area is 111 Å². The van der Waals surface area contributed by atoms with Crippen molar-refractivity contribution in [2.45, 2.75) is 13.0 Å². The highest BCUT2D eigenvalue weighted by Crippen LogP contribution is 2.18. The van der Waals surface area contributed by atoms with Crippen LogP contribution < -0.4 is 10.1 Å². The Morgan fingerprint density at radius 2 is 2.32 bits per heavy atom. The van der Waals surface area contributed by atoms with Gasteiger partial charge in [0.15, 0.2) is 0 Å². The molecular formula is C14H16N2O3. The van der Waals surface area contributed by atoms with Gasteiger partial charge in [0, 0.05) is 17.6 Å². The van der Waals surface area contributed by atoms with Gasteiger partial charge < -0.3 is 15.2 Å². The lowest BCUT2D eigenvalue weighted by molar-refractivity contribution is -0.140. The summed E-state index contributed by atoms with van der Waals surface area (Å²) in [6.07, 6.45) is 1.71. The molecule has 1 unspecified atom stereocenters. The van der Waals surface area contributed by atoms with E-state index in [9.17, 15) is 4.79 Å². The van der Waals surface area contributed by atoms with Gasteiger partial charge in [-0.1, -0.05) is 13.0 Å². The molecule has 2 aromatic rings. The second-order valence-electron chi connectivity index (χ2n) is 4.12. The molecule has 2 N–H and O–H groups in total. The van der Waals surface area contributed by atoms with Gasteiger partial charge in [-0.15, -0.1) is 0 Å². The smallest absolute Gasteiger partial charge is 0.324 e. The molecule has 0 saturated heterocycles. The first-order valence-electron chi connectivity index (χ1n) is 6.14. The summed E-state index contributed by atoms with van der Waals surface area (Å²) in [5, 5.41) is 12.9. The molecule has 0 aliphatic rings. The van der Waals surface area contributed by atoms with Crippen LogP contribution in [0.5, 0.6) is 5.75 Å². The highest BCUT2D eigenvalue weighted by atomic mass is 16.5. The maximum Gasteiger partial charge on any atom is 0.324 e. The highest BCUT2D eigenvalue weighted by molar-refractivity contribution is 5.79. The van der Waals surface area contributed by atoms with E-state index in [0.29, 0.717) is 12.3 Å². The Kier molecular flexibility index (Phi) is 4.30. The summed E-state index contributed by atoms with van der Waals surface area (Å²) in [4.78, 5) is 15.2. The van der Waals surface area contributed by atoms with Crippen molar-refractivity contribution in [3.8, 4) is 5.75 Å². The zero-order valence-corrected chi connectivity index (χ0v) is 10.7. The molecule has 1 atom stereocenters. The third-order valence-corrected chi connectivity index (χ3v) is 2.74. The number of likely N-dealkylation sites (N-methyl/N-ethyl adjacent to an activating group) is 1. The first kappa shape index (κ1) is 13.3. The number of benzene rings is 1. The van der Waals surface area contributed by atoms with E-state index in [1.54, 1.807) is 12.3 Å². The molecule has 0 bridgehead atoms. The molecular weight excluding hydrogens is 244 g/mol. The minimum Gasteiger partial charge on any atom is -0.491 e. The Balaban J connectivity index is 2.06. The molecule has 5 heteroatoms. The zero-order valence-electron chi connectivity index (χ0n) is 10.7. The van der Waals surface area contributed by atoms with Crippen molar-refractivity contribution in [1.82, 2.24) is 10.3 Å². The van der Waals surface area contributed by atoms with Gasteiger partial charge in [-0.25, -0.2) is 0 Å². The van der Waals surface area contributed by atoms with Crippen molar-refractivity contribution in [1.29, 1.82) is 0 Å². The number of carboxylic acids is 1. The first-order chi connectivity index (χ1) is 9.20. The van der Waals surface area contributed by atoms with Crippen LogP contribution in [0, 0.1) is 0 Å². The third-order valence-electron chi connectivity index (χ3n) is 2.74. The van der Waals surface area contributed by atoms with Crippen LogP contribution >= 0.6 is 0 Å². The molecule has 0 amide bonds. The lowest BCUT2D eigenvalue weighted by Crippen LogP contribution is -2.41. The third kappa shape index (κ3) is 3.42. The summed E-state index contributed by atoms with van der Waals surface area (Å²) < 4.78 is 5.51. The number of carboxylic acid groups (broad SMARTS) is 1. The standard InChI is InChI=1S/C14H16N2O3/c1-2-15-13(14(17)18)9-19-11-6-5-10-4-3-7-16-12(10)8-11/h3-8,13,15H,2,9H2,1H3,(H,17,18). The summed E-state index contributed by atoms with van der Waals surface area (Å²) >= 11 is 0. The lowest BCUT2D eigenvalue weighted by atomic mass is 10.2. The van der Waals surface area contributed by atoms with Gasteiger partial charge in [0.1, 0.15) is 18.4 Å². The van der Waals surface area contributed by atoms with Gasteiger partial charge in [0.05, 0.1) is 5.52 Å². The van der Waals surface area contributed by atoms with Crippen LogP contribution in [-0.4, -0.2) is 35.3 Å². The minimum atomic E-state index is -0.916. The fraction of sp³-hybridized carbons (Fsp3) is 0.286. The quantitative estimate of drug-likeness (QED) is 0.826. The number of pyridine rings is 1. The van der Waals surface area contributed by atoms with Crippen molar-refractivity contribution in [2.75, 3.05) is 13.2 Å². The van der Waals surface area contributed by atoms with Crippen LogP contribution in [0.4, 0.5) is 0 Å². The van der Waals surface area contributed by atoms with Crippen LogP contribution in [-0.2, 0) is 4.79 Å². The van der Waals surface area contributed by atoms with E-state index in [0.717, 1.165) is 10.9 Å². The Morgan fingerprint density at radius 3 is 3.05 bits per heavy atom. The Hall–Kier alpha value is -2.14. The molecule has 19 heavy (non-hydrogen) atoms. The van der Waals surface area contributed by atoms with Crippen LogP contribution in [0.15, 0.2) is 36.5 Å². The molecule has 0 fully saturated rings. The minimum absolute atomic E-state index is 0.0848. The second-order valence-corrected chi connectivity index (χ2v) is 4.12. The monoisotopic (exact) mass is 260 g/mol. The SMILES string of the molecule is CCNC(COc1ccc2cccnc2c1)C(=O)O. The van der Waals surface area contributed by atoms with Crippen LogP contribution in [0.3, 0.4) is 0 Å². The van der Waals surface area contributed by atoms with E-state index in [2.05, 4.69) is 10.3 Å². The van der Waals surface area contributed by atoms with Gasteiger partial charge in [-0.05, 0) is 24.7 Å². The molecule has 2 rings (SSSR count). The number of hydrogen-bond donors (Lipinski definition) is 2. The number of nitrogens with zero attached hydrogens (tertiary/aromatic N) is 1. The predicted molar refractivity (Wildman–Crippen MR) is 72.3 cm³/mol. The Bertz CT molecular complexity index is 571. The van der Waals surface area contributed by atoms with E-state index in [-0.39, 0.29) is 6.61 Å². The average molecular weight is 260 g/mol. The van der Waals surface area contributed by atoms with E-state index in [4.69, 9.17) is 9.84 Å². The maximum absolute atomic E-state index is 11.0. The number of carbonyl (C=O) groups is 1. The van der Waals surface area contributed by atoms with Gasteiger partial charge in [-0.3, -0.25) is 9.78 Å². The van der Waals surface area contributed by atoms with Crippen LogP contribution in [0.1, 0.15) is 6.92 Å². The lowest BCUT2D eigenvalue weighted by Gasteiger charge is -2.14. The Morgan fingerprint density at radius 1 is 1.47 bits per heavy atom. The van der Waals surface area contributed by atoms with Crippen molar-refractivity contribution >= 4 is 16.9 Å². The molecule has 0 radical (unpaired) electrons. The van der Waals surface area contributed by atoms with Gasteiger partial charge >= 0.3 is 5.97 Å². The molecule has 1 aromatic heterocycles. The number of aliphatic carboxylic acids is 1. The summed E-state index contributed by atoms with van der Waals surface area (Å²) in [6.45, 7) is 2.52. The number of ether oxygens (including phenoxy) is 1. The second kappa shape index (κ2) is 6.15. The largest absolute Gasteiger partial charge is 0.491 e. The number of hydrogen-bond acceptors (Lipinski definition) is 4. The normalized spacial score (nSPS) is 12.3. The van der Waals surface area contributed by atoms with Crippen LogP contribution in [0.25, 0.3) is 10.9 Å². The predicted octanol–water partition coefficient (Wildman–Crippen LogP) is 1.68. The van der Waals surface area contributed by atoms with E-state index < -0.39 is 12.0 Å². The summed E-state index contributed by atoms with van der Waals surface area (Å²) in [6, 6.07) is 8.65. The molecule has 0 spiro atoms. The molecule has 0 aliphatic heterocycles. The highest BCUT2D eigenvalue weighted by Gasteiger charge is 2.16. The molecule has 100 valence electrons. The number of rotatable bonds is 6. The number of aromatic nitrogens is 1. The van der Waals surface area contributed by atoms with Gasteiger partial charge in [-0.2, -0.15) is 0 Å². The van der Waals surface area contributed by atoms with Crippen molar-refractivity contribution < 1.29 is 14.6 Å². The summed E-state index contributed by atoms with van der Waals surface area (Å²) in [5.74, 6) is -0.295. The maximum atomic E-state index is 11.0. The molecule has 1 aromatic carbocycles. The number of fused-ring (bicyclic) bond motifs is 1. The average Bonchev–Trinajstić information content (AvgIpc) is 2.43. The van der Waals surface area contributed by atoms with Crippen LogP contribution in [0.2, 0.25) is 0 Å². The van der Waals surface area contributed by atoms with E-state index in [1.165, 1.54) is 0 Å². The fourth-order valence-corrected chi connectivity index (χ4v) is 1.78. The molecule has 1 heterocycles. The van der Waals surface area contributed by atoms with Crippen molar-refractivity contribution in [2.24, 2.45) is 0 Å². The first-order valence-corrected chi connectivity index (χ1v) is 6.14. The molecule has 5 nitrogen and oxygen atoms in total. The van der Waals surface area contributed by atoms with E-state index >= 15 is 0 Å². The van der Waals surface area contributed by atoms with Crippen molar-refractivity contribution in [3.63, 3.8) is 0 Å². The molecule has 0 aliphatic carbocycles. The van der Waals surface area contributed by atoms with E-state index in [1.807, 2.05) is 31.2 Å². The summed E-state index contributed by atoms with van der Waals surface area (Å²) in [5.41, 5.74) is 0.829. The van der Waals surface area contributed by atoms with Gasteiger partial charge in [0.25, 0.3) is 0 Å². The topological polar surface area (TPSA) is 71.5 Å². The molecule has 0 saturated carbocycles. The number of nitrogens with one attached hydrogen (secondary N) is 1. The van der Waals surface area contributed by atoms with Crippen molar-refractivity contribution in [3.05, 3.63) is 36.5 Å².